The smallest absolute Gasteiger partial charge is 0.330 e. The van der Waals surface area contributed by atoms with Crippen LogP contribution in [0, 0.1) is 0 Å². The molecule has 0 radical (unpaired) electrons. The second-order valence-electron chi connectivity index (χ2n) is 3.75. The SMILES string of the molecule is NCCCCC(=O)c1cccc(C(F)(F)F)c1. The van der Waals surface area contributed by atoms with Crippen LogP contribution >= 0.6 is 0 Å². The predicted molar refractivity (Wildman–Crippen MR) is 58.7 cm³/mol. The van der Waals surface area contributed by atoms with Crippen molar-refractivity contribution in [2.75, 3.05) is 6.54 Å². The van der Waals surface area contributed by atoms with Gasteiger partial charge in [-0.05, 0) is 31.5 Å². The van der Waals surface area contributed by atoms with E-state index < -0.39 is 11.7 Å². The summed E-state index contributed by atoms with van der Waals surface area (Å²) in [5.41, 5.74) is 4.59. The fraction of sp³-hybridized carbons (Fsp3) is 0.417. The van der Waals surface area contributed by atoms with Crippen molar-refractivity contribution in [1.82, 2.24) is 0 Å². The lowest BCUT2D eigenvalue weighted by molar-refractivity contribution is -0.137. The van der Waals surface area contributed by atoms with Crippen molar-refractivity contribution in [2.45, 2.75) is 25.4 Å². The van der Waals surface area contributed by atoms with Gasteiger partial charge in [0.15, 0.2) is 5.78 Å². The van der Waals surface area contributed by atoms with E-state index in [4.69, 9.17) is 5.73 Å². The second-order valence-corrected chi connectivity index (χ2v) is 3.75. The summed E-state index contributed by atoms with van der Waals surface area (Å²) >= 11 is 0. The van der Waals surface area contributed by atoms with Crippen molar-refractivity contribution < 1.29 is 18.0 Å². The molecule has 0 unspecified atom stereocenters. The van der Waals surface area contributed by atoms with Crippen molar-refractivity contribution in [1.29, 1.82) is 0 Å². The molecule has 1 aromatic carbocycles. The number of alkyl halides is 3. The average molecular weight is 245 g/mol. The number of halogens is 3. The molecule has 2 nitrogen and oxygen atoms in total. The van der Waals surface area contributed by atoms with Gasteiger partial charge >= 0.3 is 6.18 Å². The number of Topliss-reactive ketones (excluding diaryl/α,β-unsaturated/α-hetero) is 1. The first kappa shape index (κ1) is 13.7. The van der Waals surface area contributed by atoms with E-state index in [1.54, 1.807) is 0 Å². The number of nitrogens with two attached hydrogens (primary N) is 1. The lowest BCUT2D eigenvalue weighted by atomic mass is 10.0. The normalized spacial score (nSPS) is 11.5. The third-order valence-corrected chi connectivity index (χ3v) is 2.37. The van der Waals surface area contributed by atoms with E-state index in [0.29, 0.717) is 19.4 Å². The van der Waals surface area contributed by atoms with Crippen LogP contribution < -0.4 is 5.73 Å². The number of ketones is 1. The number of carbonyl (C=O) groups excluding carboxylic acids is 1. The summed E-state index contributed by atoms with van der Waals surface area (Å²) in [5, 5.41) is 0. The Hall–Kier alpha value is -1.36. The molecular weight excluding hydrogens is 231 g/mol. The Morgan fingerprint density at radius 3 is 2.53 bits per heavy atom. The van der Waals surface area contributed by atoms with Gasteiger partial charge < -0.3 is 5.73 Å². The summed E-state index contributed by atoms with van der Waals surface area (Å²) in [5.74, 6) is -0.274. The van der Waals surface area contributed by atoms with Gasteiger partial charge in [-0.25, -0.2) is 0 Å². The average Bonchev–Trinajstić information content (AvgIpc) is 2.28. The molecule has 94 valence electrons. The molecule has 1 aromatic rings. The van der Waals surface area contributed by atoms with Gasteiger partial charge in [0.1, 0.15) is 0 Å². The van der Waals surface area contributed by atoms with Gasteiger partial charge in [0.25, 0.3) is 0 Å². The fourth-order valence-corrected chi connectivity index (χ4v) is 1.44. The zero-order chi connectivity index (χ0) is 12.9. The summed E-state index contributed by atoms with van der Waals surface area (Å²) in [6.07, 6.45) is -2.87. The van der Waals surface area contributed by atoms with Crippen LogP contribution in [0.4, 0.5) is 13.2 Å². The van der Waals surface area contributed by atoms with Crippen molar-refractivity contribution in [3.63, 3.8) is 0 Å². The van der Waals surface area contributed by atoms with Crippen LogP contribution in [-0.4, -0.2) is 12.3 Å². The molecule has 0 spiro atoms. The molecule has 5 heteroatoms. The van der Waals surface area contributed by atoms with Gasteiger partial charge in [-0.3, -0.25) is 4.79 Å². The summed E-state index contributed by atoms with van der Waals surface area (Å²) in [6, 6.07) is 4.50. The molecule has 0 saturated heterocycles. The minimum absolute atomic E-state index is 0.108. The molecule has 0 saturated carbocycles. The third-order valence-electron chi connectivity index (χ3n) is 2.37. The maximum absolute atomic E-state index is 12.4. The van der Waals surface area contributed by atoms with Gasteiger partial charge in [-0.2, -0.15) is 13.2 Å². The summed E-state index contributed by atoms with van der Waals surface area (Å²) in [7, 11) is 0. The van der Waals surface area contributed by atoms with Gasteiger partial charge in [0.05, 0.1) is 5.56 Å². The first-order valence-electron chi connectivity index (χ1n) is 5.35. The number of benzene rings is 1. The second kappa shape index (κ2) is 5.82. The van der Waals surface area contributed by atoms with Crippen LogP contribution in [0.15, 0.2) is 24.3 Å². The van der Waals surface area contributed by atoms with E-state index in [-0.39, 0.29) is 17.8 Å². The Bertz CT molecular complexity index is 388. The Balaban J connectivity index is 2.74. The van der Waals surface area contributed by atoms with E-state index >= 15 is 0 Å². The van der Waals surface area contributed by atoms with E-state index in [1.807, 2.05) is 0 Å². The zero-order valence-electron chi connectivity index (χ0n) is 9.26. The van der Waals surface area contributed by atoms with Crippen molar-refractivity contribution >= 4 is 5.78 Å². The van der Waals surface area contributed by atoms with Crippen molar-refractivity contribution in [2.24, 2.45) is 5.73 Å². The molecule has 0 bridgehead atoms. The standard InChI is InChI=1S/C12H14F3NO/c13-12(14,15)10-5-3-4-9(8-10)11(17)6-1-2-7-16/h3-5,8H,1-2,6-7,16H2. The van der Waals surface area contributed by atoms with Crippen LogP contribution in [0.2, 0.25) is 0 Å². The van der Waals surface area contributed by atoms with E-state index in [0.717, 1.165) is 12.1 Å². The number of hydrogen-bond acceptors (Lipinski definition) is 2. The van der Waals surface area contributed by atoms with Crippen molar-refractivity contribution in [3.05, 3.63) is 35.4 Å². The highest BCUT2D eigenvalue weighted by atomic mass is 19.4. The maximum atomic E-state index is 12.4. The van der Waals surface area contributed by atoms with E-state index in [1.165, 1.54) is 12.1 Å². The Morgan fingerprint density at radius 1 is 1.24 bits per heavy atom. The third kappa shape index (κ3) is 4.19. The molecule has 0 atom stereocenters. The summed E-state index contributed by atoms with van der Waals surface area (Å²) in [4.78, 5) is 11.6. The number of unbranched alkanes of at least 4 members (excludes halogenated alkanes) is 1. The van der Waals surface area contributed by atoms with Crippen LogP contribution in [0.25, 0.3) is 0 Å². The van der Waals surface area contributed by atoms with Gasteiger partial charge in [-0.1, -0.05) is 12.1 Å². The maximum Gasteiger partial charge on any atom is 0.416 e. The van der Waals surface area contributed by atoms with Crippen LogP contribution in [0.3, 0.4) is 0 Å². The first-order valence-corrected chi connectivity index (χ1v) is 5.35. The molecular formula is C12H14F3NO. The van der Waals surface area contributed by atoms with Gasteiger partial charge in [0.2, 0.25) is 0 Å². The fourth-order valence-electron chi connectivity index (χ4n) is 1.44. The summed E-state index contributed by atoms with van der Waals surface area (Å²) in [6.45, 7) is 0.482. The van der Waals surface area contributed by atoms with Gasteiger partial charge in [0, 0.05) is 12.0 Å². The molecule has 0 fully saturated rings. The first-order chi connectivity index (χ1) is 7.95. The zero-order valence-corrected chi connectivity index (χ0v) is 9.26. The monoisotopic (exact) mass is 245 g/mol. The quantitative estimate of drug-likeness (QED) is 0.640. The van der Waals surface area contributed by atoms with Crippen LogP contribution in [-0.2, 0) is 6.18 Å². The molecule has 0 heterocycles. The number of hydrogen-bond donors (Lipinski definition) is 1. The van der Waals surface area contributed by atoms with Crippen LogP contribution in [0.1, 0.15) is 35.2 Å². The lowest BCUT2D eigenvalue weighted by Gasteiger charge is -2.08. The highest BCUT2D eigenvalue weighted by molar-refractivity contribution is 5.96. The Morgan fingerprint density at radius 2 is 1.94 bits per heavy atom. The number of carbonyl (C=O) groups is 1. The lowest BCUT2D eigenvalue weighted by Crippen LogP contribution is -2.08. The van der Waals surface area contributed by atoms with Crippen molar-refractivity contribution in [3.8, 4) is 0 Å². The Kier molecular flexibility index (Phi) is 4.69. The van der Waals surface area contributed by atoms with E-state index in [2.05, 4.69) is 0 Å². The number of rotatable bonds is 5. The van der Waals surface area contributed by atoms with Gasteiger partial charge in [-0.15, -0.1) is 0 Å². The largest absolute Gasteiger partial charge is 0.416 e. The minimum atomic E-state index is -4.41. The molecule has 0 aromatic heterocycles. The molecule has 0 aliphatic rings. The molecule has 0 amide bonds. The van der Waals surface area contributed by atoms with E-state index in [9.17, 15) is 18.0 Å². The molecule has 2 N–H and O–H groups in total. The molecule has 1 rings (SSSR count). The van der Waals surface area contributed by atoms with Crippen LogP contribution in [0.5, 0.6) is 0 Å². The highest BCUT2D eigenvalue weighted by Crippen LogP contribution is 2.29. The molecule has 0 aliphatic heterocycles. The minimum Gasteiger partial charge on any atom is -0.330 e. The Labute approximate surface area is 97.6 Å². The summed E-state index contributed by atoms with van der Waals surface area (Å²) < 4.78 is 37.2. The molecule has 0 aliphatic carbocycles. The highest BCUT2D eigenvalue weighted by Gasteiger charge is 2.30. The molecule has 17 heavy (non-hydrogen) atoms. The topological polar surface area (TPSA) is 43.1 Å². The predicted octanol–water partition coefficient (Wildman–Crippen LogP) is 3.02.